The molecule has 0 fully saturated rings. The van der Waals surface area contributed by atoms with Gasteiger partial charge in [-0.2, -0.15) is 13.2 Å². The highest BCUT2D eigenvalue weighted by atomic mass is 32.2. The lowest BCUT2D eigenvalue weighted by Crippen LogP contribution is -2.23. The molecule has 0 saturated heterocycles. The molecule has 0 saturated carbocycles. The molecule has 6 nitrogen and oxygen atoms in total. The quantitative estimate of drug-likeness (QED) is 0.501. The summed E-state index contributed by atoms with van der Waals surface area (Å²) in [6.07, 6.45) is -3.63. The molecule has 1 heterocycles. The van der Waals surface area contributed by atoms with E-state index in [1.165, 1.54) is 12.1 Å². The molecule has 3 rings (SSSR count). The van der Waals surface area contributed by atoms with Crippen molar-refractivity contribution in [1.29, 1.82) is 0 Å². The SMILES string of the molecule is CC(C)(C)c1ccc(S(=O)(=O)NCc2ccc(C(=O)Nc3ccc(C(F)(F)F)nc3)cc2)cc1. The molecule has 2 aromatic carbocycles. The highest BCUT2D eigenvalue weighted by molar-refractivity contribution is 7.89. The fraction of sp³-hybridized carbons (Fsp3) is 0.250. The van der Waals surface area contributed by atoms with E-state index in [4.69, 9.17) is 0 Å². The summed E-state index contributed by atoms with van der Waals surface area (Å²) >= 11 is 0. The maximum atomic E-state index is 12.6. The third-order valence-corrected chi connectivity index (χ3v) is 6.44. The molecule has 3 aromatic rings. The Kier molecular flexibility index (Phi) is 7.13. The molecule has 180 valence electrons. The van der Waals surface area contributed by atoms with Crippen LogP contribution in [-0.4, -0.2) is 19.3 Å². The van der Waals surface area contributed by atoms with Crippen molar-refractivity contribution in [2.24, 2.45) is 0 Å². The second kappa shape index (κ2) is 9.55. The number of amides is 1. The summed E-state index contributed by atoms with van der Waals surface area (Å²) in [6.45, 7) is 6.14. The Labute approximate surface area is 196 Å². The van der Waals surface area contributed by atoms with Gasteiger partial charge < -0.3 is 5.32 Å². The van der Waals surface area contributed by atoms with Crippen LogP contribution in [0.25, 0.3) is 0 Å². The first-order valence-corrected chi connectivity index (χ1v) is 11.8. The number of aromatic nitrogens is 1. The van der Waals surface area contributed by atoms with E-state index in [-0.39, 0.29) is 28.1 Å². The Balaban J connectivity index is 1.60. The standard InChI is InChI=1S/C24H24F3N3O3S/c1-23(2,3)18-8-11-20(12-9-18)34(32,33)29-14-16-4-6-17(7-5-16)22(31)30-19-10-13-21(28-15-19)24(25,26)27/h4-13,15,29H,14H2,1-3H3,(H,30,31). The fourth-order valence-electron chi connectivity index (χ4n) is 3.01. The summed E-state index contributed by atoms with van der Waals surface area (Å²) in [6, 6.07) is 14.8. The monoisotopic (exact) mass is 491 g/mol. The molecule has 0 aliphatic rings. The number of hydrogen-bond donors (Lipinski definition) is 2. The van der Waals surface area contributed by atoms with Crippen LogP contribution in [-0.2, 0) is 28.2 Å². The van der Waals surface area contributed by atoms with Crippen molar-refractivity contribution in [2.45, 2.75) is 43.8 Å². The number of rotatable bonds is 6. The number of nitrogens with one attached hydrogen (secondary N) is 2. The number of alkyl halides is 3. The smallest absolute Gasteiger partial charge is 0.321 e. The Bertz CT molecular complexity index is 1250. The van der Waals surface area contributed by atoms with E-state index >= 15 is 0 Å². The number of nitrogens with zero attached hydrogens (tertiary/aromatic N) is 1. The minimum atomic E-state index is -4.56. The molecule has 34 heavy (non-hydrogen) atoms. The average molecular weight is 492 g/mol. The van der Waals surface area contributed by atoms with Gasteiger partial charge in [-0.3, -0.25) is 4.79 Å². The van der Waals surface area contributed by atoms with Crippen LogP contribution in [0.3, 0.4) is 0 Å². The minimum Gasteiger partial charge on any atom is -0.321 e. The fourth-order valence-corrected chi connectivity index (χ4v) is 4.03. The Morgan fingerprint density at radius 3 is 2.03 bits per heavy atom. The second-order valence-corrected chi connectivity index (χ2v) is 10.4. The number of halogens is 3. The van der Waals surface area contributed by atoms with Gasteiger partial charge >= 0.3 is 6.18 Å². The van der Waals surface area contributed by atoms with Crippen LogP contribution in [0.5, 0.6) is 0 Å². The number of pyridine rings is 1. The number of hydrogen-bond acceptors (Lipinski definition) is 4. The minimum absolute atomic E-state index is 0.0219. The lowest BCUT2D eigenvalue weighted by molar-refractivity contribution is -0.141. The molecule has 0 unspecified atom stereocenters. The van der Waals surface area contributed by atoms with Gasteiger partial charge in [0, 0.05) is 12.1 Å². The number of benzene rings is 2. The van der Waals surface area contributed by atoms with Gasteiger partial charge in [-0.05, 0) is 52.9 Å². The van der Waals surface area contributed by atoms with Gasteiger partial charge in [0.1, 0.15) is 5.69 Å². The van der Waals surface area contributed by atoms with Gasteiger partial charge in [-0.25, -0.2) is 18.1 Å². The molecule has 2 N–H and O–H groups in total. The first kappa shape index (κ1) is 25.4. The third kappa shape index (κ3) is 6.42. The van der Waals surface area contributed by atoms with Gasteiger partial charge in [0.05, 0.1) is 16.8 Å². The maximum absolute atomic E-state index is 12.6. The first-order chi connectivity index (χ1) is 15.8. The van der Waals surface area contributed by atoms with Crippen molar-refractivity contribution >= 4 is 21.6 Å². The lowest BCUT2D eigenvalue weighted by atomic mass is 9.87. The zero-order chi connectivity index (χ0) is 25.1. The van der Waals surface area contributed by atoms with Crippen LogP contribution in [0.4, 0.5) is 18.9 Å². The van der Waals surface area contributed by atoms with Crippen LogP contribution in [0, 0.1) is 0 Å². The van der Waals surface area contributed by atoms with Gasteiger partial charge in [-0.15, -0.1) is 0 Å². The van der Waals surface area contributed by atoms with Gasteiger partial charge in [0.2, 0.25) is 10.0 Å². The molecule has 0 radical (unpaired) electrons. The van der Waals surface area contributed by atoms with Crippen molar-refractivity contribution in [3.8, 4) is 0 Å². The highest BCUT2D eigenvalue weighted by Crippen LogP contribution is 2.28. The van der Waals surface area contributed by atoms with Gasteiger partial charge in [-0.1, -0.05) is 45.0 Å². The van der Waals surface area contributed by atoms with Crippen molar-refractivity contribution in [2.75, 3.05) is 5.32 Å². The van der Waals surface area contributed by atoms with Crippen molar-refractivity contribution in [3.63, 3.8) is 0 Å². The number of sulfonamides is 1. The van der Waals surface area contributed by atoms with E-state index in [0.717, 1.165) is 23.9 Å². The van der Waals surface area contributed by atoms with Crippen LogP contribution in [0.1, 0.15) is 48.0 Å². The lowest BCUT2D eigenvalue weighted by Gasteiger charge is -2.19. The molecule has 1 aromatic heterocycles. The van der Waals surface area contributed by atoms with Crippen molar-refractivity contribution in [1.82, 2.24) is 9.71 Å². The number of carbonyl (C=O) groups is 1. The highest BCUT2D eigenvalue weighted by Gasteiger charge is 2.32. The van der Waals surface area contributed by atoms with Crippen LogP contribution in [0.2, 0.25) is 0 Å². The number of carbonyl (C=O) groups excluding carboxylic acids is 1. The van der Waals surface area contributed by atoms with Crippen molar-refractivity contribution in [3.05, 3.63) is 89.2 Å². The molecular formula is C24H24F3N3O3S. The van der Waals surface area contributed by atoms with Gasteiger partial charge in [0.25, 0.3) is 5.91 Å². The molecule has 0 bridgehead atoms. The summed E-state index contributed by atoms with van der Waals surface area (Å²) in [4.78, 5) is 15.8. The molecule has 0 spiro atoms. The van der Waals surface area contributed by atoms with Crippen LogP contribution < -0.4 is 10.0 Å². The van der Waals surface area contributed by atoms with E-state index in [1.807, 2.05) is 20.8 Å². The maximum Gasteiger partial charge on any atom is 0.433 e. The summed E-state index contributed by atoms with van der Waals surface area (Å²) < 4.78 is 65.4. The van der Waals surface area contributed by atoms with E-state index < -0.39 is 27.8 Å². The largest absolute Gasteiger partial charge is 0.433 e. The van der Waals surface area contributed by atoms with E-state index in [2.05, 4.69) is 15.0 Å². The molecule has 0 atom stereocenters. The average Bonchev–Trinajstić information content (AvgIpc) is 2.77. The topological polar surface area (TPSA) is 88.2 Å². The summed E-state index contributed by atoms with van der Waals surface area (Å²) in [5, 5.41) is 2.47. The Morgan fingerprint density at radius 1 is 0.912 bits per heavy atom. The van der Waals surface area contributed by atoms with Crippen LogP contribution >= 0.6 is 0 Å². The summed E-state index contributed by atoms with van der Waals surface area (Å²) in [5.74, 6) is -0.535. The Morgan fingerprint density at radius 2 is 1.53 bits per heavy atom. The predicted molar refractivity (Wildman–Crippen MR) is 123 cm³/mol. The molecule has 0 aliphatic heterocycles. The van der Waals surface area contributed by atoms with Gasteiger partial charge in [0.15, 0.2) is 0 Å². The van der Waals surface area contributed by atoms with E-state index in [0.29, 0.717) is 5.56 Å². The normalized spacial score (nSPS) is 12.4. The predicted octanol–water partition coefficient (Wildman–Crippen LogP) is 5.13. The molecular weight excluding hydrogens is 467 g/mol. The van der Waals surface area contributed by atoms with Crippen molar-refractivity contribution < 1.29 is 26.4 Å². The van der Waals surface area contributed by atoms with Crippen LogP contribution in [0.15, 0.2) is 71.8 Å². The third-order valence-electron chi connectivity index (χ3n) is 5.02. The molecule has 1 amide bonds. The second-order valence-electron chi connectivity index (χ2n) is 8.68. The van der Waals surface area contributed by atoms with E-state index in [9.17, 15) is 26.4 Å². The number of anilines is 1. The van der Waals surface area contributed by atoms with E-state index in [1.54, 1.807) is 36.4 Å². The zero-order valence-corrected chi connectivity index (χ0v) is 19.6. The zero-order valence-electron chi connectivity index (χ0n) is 18.8. The summed E-state index contributed by atoms with van der Waals surface area (Å²) in [5.41, 5.74) is 0.876. The Hall–Kier alpha value is -3.24. The summed E-state index contributed by atoms with van der Waals surface area (Å²) in [7, 11) is -3.72. The first-order valence-electron chi connectivity index (χ1n) is 10.3. The molecule has 0 aliphatic carbocycles. The molecule has 10 heteroatoms.